The van der Waals surface area contributed by atoms with Crippen molar-refractivity contribution < 1.29 is 4.79 Å². The molecule has 4 nitrogen and oxygen atoms in total. The van der Waals surface area contributed by atoms with Crippen LogP contribution in [0.25, 0.3) is 11.3 Å². The molecule has 1 aromatic heterocycles. The average Bonchev–Trinajstić information content (AvgIpc) is 2.96. The van der Waals surface area contributed by atoms with Gasteiger partial charge in [-0.15, -0.1) is 11.3 Å². The Morgan fingerprint density at radius 2 is 2.12 bits per heavy atom. The van der Waals surface area contributed by atoms with Crippen molar-refractivity contribution in [2.24, 2.45) is 11.7 Å². The highest BCUT2D eigenvalue weighted by Crippen LogP contribution is 2.31. The predicted molar refractivity (Wildman–Crippen MR) is 104 cm³/mol. The average molecular weight is 358 g/mol. The highest BCUT2D eigenvalue weighted by atomic mass is 32.1. The van der Waals surface area contributed by atoms with Crippen molar-refractivity contribution in [3.05, 3.63) is 40.2 Å². The monoisotopic (exact) mass is 357 g/mol. The molecule has 2 atom stereocenters. The van der Waals surface area contributed by atoms with E-state index in [1.54, 1.807) is 11.3 Å². The van der Waals surface area contributed by atoms with Gasteiger partial charge in [-0.1, -0.05) is 43.2 Å². The van der Waals surface area contributed by atoms with Crippen LogP contribution >= 0.6 is 11.3 Å². The van der Waals surface area contributed by atoms with Crippen LogP contribution in [-0.4, -0.2) is 23.0 Å². The molecule has 3 rings (SSSR count). The third kappa shape index (κ3) is 4.28. The summed E-state index contributed by atoms with van der Waals surface area (Å²) in [6.07, 6.45) is 4.80. The number of aromatic nitrogens is 1. The molecule has 0 spiro atoms. The molecule has 25 heavy (non-hydrogen) atoms. The first-order valence-corrected chi connectivity index (χ1v) is 9.87. The topological polar surface area (TPSA) is 68.0 Å². The Balaban J connectivity index is 1.57. The minimum atomic E-state index is -0.374. The van der Waals surface area contributed by atoms with Crippen molar-refractivity contribution in [2.45, 2.75) is 51.5 Å². The first kappa shape index (κ1) is 18.1. The number of carbonyl (C=O) groups excluding carboxylic acids is 1. The third-order valence-electron chi connectivity index (χ3n) is 5.10. The molecule has 3 N–H and O–H groups in total. The Kier molecular flexibility index (Phi) is 5.54. The van der Waals surface area contributed by atoms with E-state index in [0.717, 1.165) is 48.4 Å². The van der Waals surface area contributed by atoms with Crippen LogP contribution in [0, 0.1) is 12.8 Å². The fourth-order valence-corrected chi connectivity index (χ4v) is 4.58. The number of carbonyl (C=O) groups is 1. The van der Waals surface area contributed by atoms with Crippen molar-refractivity contribution in [3.63, 3.8) is 0 Å². The summed E-state index contributed by atoms with van der Waals surface area (Å²) in [5.41, 5.74) is 8.14. The van der Waals surface area contributed by atoms with Gasteiger partial charge in [-0.25, -0.2) is 4.98 Å². The number of nitrogens with one attached hydrogen (secondary N) is 1. The van der Waals surface area contributed by atoms with Crippen LogP contribution in [0.2, 0.25) is 0 Å². The van der Waals surface area contributed by atoms with E-state index in [1.807, 2.05) is 25.1 Å². The van der Waals surface area contributed by atoms with Crippen molar-refractivity contribution >= 4 is 17.2 Å². The number of nitrogens with two attached hydrogens (primary N) is 1. The molecular weight excluding hydrogens is 330 g/mol. The van der Waals surface area contributed by atoms with Crippen LogP contribution in [0.5, 0.6) is 0 Å². The molecule has 1 heterocycles. The summed E-state index contributed by atoms with van der Waals surface area (Å²) in [5, 5.41) is 4.14. The Morgan fingerprint density at radius 1 is 1.36 bits per heavy atom. The van der Waals surface area contributed by atoms with Gasteiger partial charge in [0, 0.05) is 28.9 Å². The van der Waals surface area contributed by atoms with Crippen LogP contribution < -0.4 is 11.1 Å². The second-order valence-electron chi connectivity index (χ2n) is 7.22. The summed E-state index contributed by atoms with van der Waals surface area (Å²) in [6, 6.07) is 10.2. The molecule has 2 aromatic rings. The van der Waals surface area contributed by atoms with Gasteiger partial charge >= 0.3 is 0 Å². The Bertz CT molecular complexity index is 724. The van der Waals surface area contributed by atoms with Gasteiger partial charge in [-0.3, -0.25) is 4.79 Å². The smallest absolute Gasteiger partial charge is 0.224 e. The lowest BCUT2D eigenvalue weighted by Crippen LogP contribution is -2.53. The zero-order valence-corrected chi connectivity index (χ0v) is 15.9. The van der Waals surface area contributed by atoms with E-state index in [4.69, 9.17) is 10.7 Å². The largest absolute Gasteiger partial charge is 0.355 e. The molecule has 1 fully saturated rings. The molecule has 2 unspecified atom stereocenters. The Morgan fingerprint density at radius 3 is 2.84 bits per heavy atom. The lowest BCUT2D eigenvalue weighted by atomic mass is 9.74. The van der Waals surface area contributed by atoms with Crippen LogP contribution in [0.3, 0.4) is 0 Å². The molecule has 1 saturated carbocycles. The van der Waals surface area contributed by atoms with Crippen LogP contribution in [0.15, 0.2) is 30.3 Å². The molecule has 1 amide bonds. The second kappa shape index (κ2) is 7.67. The standard InChI is InChI=1S/C20H27N3OS/c1-14-18(15-8-4-3-5-9-15)23-17(25-14)11-13-22-19(24)16-10-6-7-12-20(16,2)21/h3-5,8-9,16H,6-7,10-13,21H2,1-2H3,(H,22,24). The highest BCUT2D eigenvalue weighted by molar-refractivity contribution is 7.12. The van der Waals surface area contributed by atoms with Gasteiger partial charge < -0.3 is 11.1 Å². The number of benzene rings is 1. The number of thiazole rings is 1. The van der Waals surface area contributed by atoms with Crippen LogP contribution in [-0.2, 0) is 11.2 Å². The molecule has 0 aliphatic heterocycles. The number of amides is 1. The minimum Gasteiger partial charge on any atom is -0.355 e. The van der Waals surface area contributed by atoms with Gasteiger partial charge in [-0.05, 0) is 26.7 Å². The quantitative estimate of drug-likeness (QED) is 0.857. The summed E-state index contributed by atoms with van der Waals surface area (Å²) >= 11 is 1.71. The van der Waals surface area contributed by atoms with E-state index >= 15 is 0 Å². The van der Waals surface area contributed by atoms with Gasteiger partial charge in [0.1, 0.15) is 0 Å². The Hall–Kier alpha value is -1.72. The first-order chi connectivity index (χ1) is 12.0. The molecule has 134 valence electrons. The number of hydrogen-bond acceptors (Lipinski definition) is 4. The molecule has 0 radical (unpaired) electrons. The summed E-state index contributed by atoms with van der Waals surface area (Å²) < 4.78 is 0. The van der Waals surface area contributed by atoms with E-state index in [1.165, 1.54) is 4.88 Å². The van der Waals surface area contributed by atoms with E-state index < -0.39 is 0 Å². The van der Waals surface area contributed by atoms with Crippen LogP contribution in [0.1, 0.15) is 42.5 Å². The highest BCUT2D eigenvalue weighted by Gasteiger charge is 2.37. The molecule has 1 aliphatic rings. The van der Waals surface area contributed by atoms with E-state index in [2.05, 4.69) is 24.4 Å². The zero-order chi connectivity index (χ0) is 17.9. The van der Waals surface area contributed by atoms with Crippen LogP contribution in [0.4, 0.5) is 0 Å². The van der Waals surface area contributed by atoms with Crippen molar-refractivity contribution in [1.29, 1.82) is 0 Å². The minimum absolute atomic E-state index is 0.0702. The predicted octanol–water partition coefficient (Wildman–Crippen LogP) is 3.68. The van der Waals surface area contributed by atoms with Gasteiger partial charge in [-0.2, -0.15) is 0 Å². The summed E-state index contributed by atoms with van der Waals surface area (Å²) in [5.74, 6) is 0.0282. The lowest BCUT2D eigenvalue weighted by Gasteiger charge is -2.37. The third-order valence-corrected chi connectivity index (χ3v) is 6.13. The first-order valence-electron chi connectivity index (χ1n) is 9.06. The van der Waals surface area contributed by atoms with Crippen molar-refractivity contribution in [2.75, 3.05) is 6.54 Å². The van der Waals surface area contributed by atoms with E-state index in [0.29, 0.717) is 6.54 Å². The van der Waals surface area contributed by atoms with Crippen molar-refractivity contribution in [3.8, 4) is 11.3 Å². The molecule has 5 heteroatoms. The van der Waals surface area contributed by atoms with Gasteiger partial charge in [0.15, 0.2) is 0 Å². The SMILES string of the molecule is Cc1sc(CCNC(=O)C2CCCCC2(C)N)nc1-c1ccccc1. The number of rotatable bonds is 5. The summed E-state index contributed by atoms with van der Waals surface area (Å²) in [6.45, 7) is 4.73. The number of aryl methyl sites for hydroxylation is 1. The van der Waals surface area contributed by atoms with Gasteiger partial charge in [0.25, 0.3) is 0 Å². The molecular formula is C20H27N3OS. The lowest BCUT2D eigenvalue weighted by molar-refractivity contribution is -0.128. The molecule has 1 aliphatic carbocycles. The zero-order valence-electron chi connectivity index (χ0n) is 15.0. The number of nitrogens with zero attached hydrogens (tertiary/aromatic N) is 1. The van der Waals surface area contributed by atoms with Gasteiger partial charge in [0.05, 0.1) is 16.6 Å². The maximum absolute atomic E-state index is 12.5. The fraction of sp³-hybridized carbons (Fsp3) is 0.500. The molecule has 0 saturated heterocycles. The van der Waals surface area contributed by atoms with Gasteiger partial charge in [0.2, 0.25) is 5.91 Å². The fourth-order valence-electron chi connectivity index (χ4n) is 3.63. The van der Waals surface area contributed by atoms with Crippen molar-refractivity contribution in [1.82, 2.24) is 10.3 Å². The van der Waals surface area contributed by atoms with E-state index in [-0.39, 0.29) is 17.4 Å². The normalized spacial score (nSPS) is 23.4. The maximum atomic E-state index is 12.5. The molecule has 1 aromatic carbocycles. The number of hydrogen-bond donors (Lipinski definition) is 2. The summed E-state index contributed by atoms with van der Waals surface area (Å²) in [4.78, 5) is 18.5. The second-order valence-corrected chi connectivity index (χ2v) is 8.51. The summed E-state index contributed by atoms with van der Waals surface area (Å²) in [7, 11) is 0. The molecule has 0 bridgehead atoms. The Labute approximate surface area is 153 Å². The van der Waals surface area contributed by atoms with E-state index in [9.17, 15) is 4.79 Å². The maximum Gasteiger partial charge on any atom is 0.224 e.